The lowest BCUT2D eigenvalue weighted by molar-refractivity contribution is -0.114. The lowest BCUT2D eigenvalue weighted by Crippen LogP contribution is -2.06. The number of carbonyl (C=O) groups is 1. The average Bonchev–Trinajstić information content (AvgIpc) is 2.67. The Morgan fingerprint density at radius 2 is 2.20 bits per heavy atom. The van der Waals surface area contributed by atoms with Gasteiger partial charge in [0, 0.05) is 6.42 Å². The van der Waals surface area contributed by atoms with E-state index >= 15 is 0 Å². The number of hydrogen-bond acceptors (Lipinski definition) is 3. The summed E-state index contributed by atoms with van der Waals surface area (Å²) < 4.78 is 10.2. The van der Waals surface area contributed by atoms with Gasteiger partial charge in [0.1, 0.15) is 0 Å². The minimum absolute atomic E-state index is 0.0697. The number of ether oxygens (including phenoxy) is 2. The van der Waals surface area contributed by atoms with Crippen LogP contribution in [0.15, 0.2) is 12.2 Å². The van der Waals surface area contributed by atoms with Gasteiger partial charge in [-0.05, 0) is 24.7 Å². The Bertz CT molecular complexity index is 290. The first-order valence-corrected chi connectivity index (χ1v) is 5.12. The molecular weight excluding hydrogens is 192 g/mol. The third kappa shape index (κ3) is 4.78. The summed E-state index contributed by atoms with van der Waals surface area (Å²) in [7, 11) is 0. The minimum Gasteiger partial charge on any atom is -0.340 e. The van der Waals surface area contributed by atoms with Gasteiger partial charge in [0.2, 0.25) is 12.1 Å². The summed E-state index contributed by atoms with van der Waals surface area (Å²) in [6.07, 6.45) is 3.87. The highest BCUT2D eigenvalue weighted by Crippen LogP contribution is 2.05. The van der Waals surface area contributed by atoms with Crippen molar-refractivity contribution in [3.8, 4) is 11.8 Å². The molecule has 0 radical (unpaired) electrons. The first kappa shape index (κ1) is 12.0. The Labute approximate surface area is 90.4 Å². The van der Waals surface area contributed by atoms with E-state index in [1.807, 2.05) is 26.0 Å². The van der Waals surface area contributed by atoms with Crippen LogP contribution in [-0.4, -0.2) is 25.3 Å². The largest absolute Gasteiger partial charge is 0.340 e. The molecule has 3 nitrogen and oxygen atoms in total. The normalized spacial score (nSPS) is 18.8. The molecule has 0 N–H and O–H groups in total. The Kier molecular flexibility index (Phi) is 5.09. The molecule has 0 aromatic heterocycles. The molecule has 82 valence electrons. The van der Waals surface area contributed by atoms with E-state index in [-0.39, 0.29) is 11.7 Å². The zero-order valence-electron chi connectivity index (χ0n) is 9.16. The Balaban J connectivity index is 2.33. The van der Waals surface area contributed by atoms with Crippen LogP contribution in [0, 0.1) is 17.8 Å². The average molecular weight is 208 g/mol. The Hall–Kier alpha value is -1.11. The number of Topliss-reactive ketones (excluding diaryl/α,β-unsaturated/α-hetero) is 1. The first-order valence-electron chi connectivity index (χ1n) is 5.12. The van der Waals surface area contributed by atoms with E-state index in [1.54, 1.807) is 0 Å². The number of allylic oxidation sites excluding steroid dienone is 2. The van der Waals surface area contributed by atoms with Crippen molar-refractivity contribution in [1.29, 1.82) is 0 Å². The maximum Gasteiger partial charge on any atom is 0.223 e. The molecule has 0 aromatic rings. The van der Waals surface area contributed by atoms with Gasteiger partial charge < -0.3 is 9.47 Å². The van der Waals surface area contributed by atoms with Gasteiger partial charge in [-0.25, -0.2) is 0 Å². The summed E-state index contributed by atoms with van der Waals surface area (Å²) in [6.45, 7) is 5.04. The van der Waals surface area contributed by atoms with Crippen molar-refractivity contribution in [1.82, 2.24) is 0 Å². The maximum absolute atomic E-state index is 11.4. The summed E-state index contributed by atoms with van der Waals surface area (Å²) in [5.41, 5.74) is 0. The number of carbonyl (C=O) groups excluding carboxylic acids is 1. The Morgan fingerprint density at radius 3 is 2.80 bits per heavy atom. The molecule has 0 aromatic carbocycles. The van der Waals surface area contributed by atoms with Gasteiger partial charge in [0.15, 0.2) is 0 Å². The van der Waals surface area contributed by atoms with Crippen molar-refractivity contribution < 1.29 is 14.3 Å². The van der Waals surface area contributed by atoms with Crippen LogP contribution in [0.4, 0.5) is 0 Å². The van der Waals surface area contributed by atoms with Crippen LogP contribution in [0.1, 0.15) is 20.3 Å². The zero-order chi connectivity index (χ0) is 11.1. The molecule has 1 rings (SSSR count). The molecule has 0 saturated carbocycles. The summed E-state index contributed by atoms with van der Waals surface area (Å²) in [5, 5.41) is 0. The Morgan fingerprint density at radius 1 is 1.53 bits per heavy atom. The highest BCUT2D eigenvalue weighted by Gasteiger charge is 2.12. The standard InChI is InChI=1S/C12H16O3/c1-3-4-10(2)9-11(13)5-6-12-14-7-8-15-12/h3-4,10,12H,7-9H2,1-2H3/b4-3+/t10-/m0/s1. The van der Waals surface area contributed by atoms with Crippen LogP contribution in [-0.2, 0) is 14.3 Å². The van der Waals surface area contributed by atoms with E-state index in [4.69, 9.17) is 9.47 Å². The fourth-order valence-electron chi connectivity index (χ4n) is 1.32. The summed E-state index contributed by atoms with van der Waals surface area (Å²) in [4.78, 5) is 11.4. The first-order chi connectivity index (χ1) is 7.22. The highest BCUT2D eigenvalue weighted by molar-refractivity contribution is 5.95. The maximum atomic E-state index is 11.4. The molecule has 1 aliphatic heterocycles. The van der Waals surface area contributed by atoms with E-state index in [1.165, 1.54) is 0 Å². The summed E-state index contributed by atoms with van der Waals surface area (Å²) in [6, 6.07) is 0. The molecule has 1 saturated heterocycles. The van der Waals surface area contributed by atoms with E-state index in [0.717, 1.165) is 0 Å². The van der Waals surface area contributed by atoms with Crippen molar-refractivity contribution in [2.75, 3.05) is 13.2 Å². The molecule has 3 heteroatoms. The second kappa shape index (κ2) is 6.39. The van der Waals surface area contributed by atoms with Crippen molar-refractivity contribution >= 4 is 5.78 Å². The molecular formula is C12H16O3. The van der Waals surface area contributed by atoms with Crippen LogP contribution in [0.5, 0.6) is 0 Å². The number of ketones is 1. The SMILES string of the molecule is C/C=C/[C@H](C)CC(=O)C#CC1OCCO1. The number of hydrogen-bond donors (Lipinski definition) is 0. The fraction of sp³-hybridized carbons (Fsp3) is 0.583. The van der Waals surface area contributed by atoms with Gasteiger partial charge in [-0.2, -0.15) is 0 Å². The van der Waals surface area contributed by atoms with Gasteiger partial charge >= 0.3 is 0 Å². The molecule has 0 spiro atoms. The predicted molar refractivity (Wildman–Crippen MR) is 57.1 cm³/mol. The number of rotatable bonds is 3. The second-order valence-corrected chi connectivity index (χ2v) is 3.47. The van der Waals surface area contributed by atoms with Crippen LogP contribution in [0.25, 0.3) is 0 Å². The molecule has 1 atom stereocenters. The molecule has 0 bridgehead atoms. The summed E-state index contributed by atoms with van der Waals surface area (Å²) >= 11 is 0. The lowest BCUT2D eigenvalue weighted by atomic mass is 10.0. The smallest absolute Gasteiger partial charge is 0.223 e. The van der Waals surface area contributed by atoms with Crippen LogP contribution in [0.2, 0.25) is 0 Å². The lowest BCUT2D eigenvalue weighted by Gasteiger charge is -2.00. The van der Waals surface area contributed by atoms with E-state index in [2.05, 4.69) is 11.8 Å². The monoisotopic (exact) mass is 208 g/mol. The molecule has 1 fully saturated rings. The third-order valence-electron chi connectivity index (χ3n) is 1.98. The van der Waals surface area contributed by atoms with Gasteiger partial charge in [0.25, 0.3) is 0 Å². The second-order valence-electron chi connectivity index (χ2n) is 3.47. The van der Waals surface area contributed by atoms with E-state index < -0.39 is 6.29 Å². The summed E-state index contributed by atoms with van der Waals surface area (Å²) in [5.74, 6) is 5.37. The van der Waals surface area contributed by atoms with Crippen LogP contribution >= 0.6 is 0 Å². The molecule has 1 aliphatic rings. The zero-order valence-corrected chi connectivity index (χ0v) is 9.16. The fourth-order valence-corrected chi connectivity index (χ4v) is 1.32. The molecule has 0 unspecified atom stereocenters. The van der Waals surface area contributed by atoms with Gasteiger partial charge in [-0.15, -0.1) is 0 Å². The molecule has 0 aliphatic carbocycles. The van der Waals surface area contributed by atoms with Crippen LogP contribution < -0.4 is 0 Å². The van der Waals surface area contributed by atoms with E-state index in [9.17, 15) is 4.79 Å². The van der Waals surface area contributed by atoms with Crippen molar-refractivity contribution in [2.45, 2.75) is 26.6 Å². The molecule has 1 heterocycles. The van der Waals surface area contributed by atoms with Gasteiger partial charge in [-0.3, -0.25) is 4.79 Å². The highest BCUT2D eigenvalue weighted by atomic mass is 16.7. The molecule has 15 heavy (non-hydrogen) atoms. The van der Waals surface area contributed by atoms with E-state index in [0.29, 0.717) is 19.6 Å². The van der Waals surface area contributed by atoms with Crippen molar-refractivity contribution in [3.05, 3.63) is 12.2 Å². The predicted octanol–water partition coefficient (Wildman–Crippen LogP) is 1.53. The van der Waals surface area contributed by atoms with Crippen molar-refractivity contribution in [3.63, 3.8) is 0 Å². The topological polar surface area (TPSA) is 35.5 Å². The quantitative estimate of drug-likeness (QED) is 0.401. The molecule has 0 amide bonds. The third-order valence-corrected chi connectivity index (χ3v) is 1.98. The minimum atomic E-state index is -0.508. The van der Waals surface area contributed by atoms with Gasteiger partial charge in [0.05, 0.1) is 13.2 Å². The van der Waals surface area contributed by atoms with Crippen molar-refractivity contribution in [2.24, 2.45) is 5.92 Å². The van der Waals surface area contributed by atoms with Gasteiger partial charge in [-0.1, -0.05) is 19.1 Å². The van der Waals surface area contributed by atoms with Crippen LogP contribution in [0.3, 0.4) is 0 Å².